The molecule has 1 atom stereocenters. The summed E-state index contributed by atoms with van der Waals surface area (Å²) in [5, 5.41) is 9.67. The third-order valence-electron chi connectivity index (χ3n) is 3.65. The van der Waals surface area contributed by atoms with E-state index in [0.29, 0.717) is 5.41 Å². The van der Waals surface area contributed by atoms with Crippen molar-refractivity contribution < 1.29 is 5.11 Å². The number of hydrogen-bond donors (Lipinski definition) is 1. The molecule has 1 nitrogen and oxygen atoms in total. The Balaban J connectivity index is 2.09. The van der Waals surface area contributed by atoms with Crippen LogP contribution in [0.1, 0.15) is 39.0 Å². The van der Waals surface area contributed by atoms with Gasteiger partial charge in [-0.2, -0.15) is 0 Å². The number of hydrogen-bond acceptors (Lipinski definition) is 1. The molecule has 0 heterocycles. The lowest BCUT2D eigenvalue weighted by Gasteiger charge is -2.55. The number of aliphatic hydroxyl groups excluding tert-OH is 1. The molecule has 0 spiro atoms. The summed E-state index contributed by atoms with van der Waals surface area (Å²) in [6, 6.07) is 0. The summed E-state index contributed by atoms with van der Waals surface area (Å²) in [7, 11) is 0. The summed E-state index contributed by atoms with van der Waals surface area (Å²) >= 11 is 0. The Hall–Kier alpha value is -0.0400. The SMILES string of the molecule is CCC12CC(CCC1O)C2. The molecular formula is C9H16O. The molecule has 2 bridgehead atoms. The largest absolute Gasteiger partial charge is 0.393 e. The van der Waals surface area contributed by atoms with Gasteiger partial charge < -0.3 is 5.11 Å². The van der Waals surface area contributed by atoms with E-state index in [1.807, 2.05) is 0 Å². The van der Waals surface area contributed by atoms with Crippen molar-refractivity contribution in [3.8, 4) is 0 Å². The van der Waals surface area contributed by atoms with Crippen molar-refractivity contribution in [1.82, 2.24) is 0 Å². The molecule has 3 saturated carbocycles. The van der Waals surface area contributed by atoms with Crippen LogP contribution in [0.25, 0.3) is 0 Å². The van der Waals surface area contributed by atoms with E-state index in [-0.39, 0.29) is 6.10 Å². The van der Waals surface area contributed by atoms with Crippen LogP contribution >= 0.6 is 0 Å². The molecule has 3 aliphatic rings. The van der Waals surface area contributed by atoms with Crippen LogP contribution in [-0.4, -0.2) is 11.2 Å². The first-order valence-electron chi connectivity index (χ1n) is 4.45. The maximum absolute atomic E-state index is 9.67. The number of fused-ring (bicyclic) bond motifs is 2. The van der Waals surface area contributed by atoms with Crippen molar-refractivity contribution in [2.45, 2.75) is 45.1 Å². The molecule has 3 fully saturated rings. The maximum Gasteiger partial charge on any atom is 0.0596 e. The van der Waals surface area contributed by atoms with Gasteiger partial charge in [-0.05, 0) is 43.4 Å². The van der Waals surface area contributed by atoms with E-state index in [4.69, 9.17) is 0 Å². The van der Waals surface area contributed by atoms with E-state index in [9.17, 15) is 5.11 Å². The highest BCUT2D eigenvalue weighted by Gasteiger charge is 2.51. The zero-order chi connectivity index (χ0) is 7.19. The molecule has 0 aromatic carbocycles. The molecule has 0 aromatic heterocycles. The highest BCUT2D eigenvalue weighted by atomic mass is 16.3. The molecule has 3 aliphatic carbocycles. The van der Waals surface area contributed by atoms with Gasteiger partial charge in [0.05, 0.1) is 6.10 Å². The van der Waals surface area contributed by atoms with Gasteiger partial charge >= 0.3 is 0 Å². The van der Waals surface area contributed by atoms with Gasteiger partial charge in [0.25, 0.3) is 0 Å². The lowest BCUT2D eigenvalue weighted by atomic mass is 9.52. The first-order valence-corrected chi connectivity index (χ1v) is 4.45. The summed E-state index contributed by atoms with van der Waals surface area (Å²) in [4.78, 5) is 0. The lowest BCUT2D eigenvalue weighted by molar-refractivity contribution is -0.118. The third-order valence-corrected chi connectivity index (χ3v) is 3.65. The molecular weight excluding hydrogens is 124 g/mol. The molecule has 3 rings (SSSR count). The Bertz CT molecular complexity index is 136. The first kappa shape index (κ1) is 6.66. The summed E-state index contributed by atoms with van der Waals surface area (Å²) in [6.45, 7) is 2.21. The zero-order valence-electron chi connectivity index (χ0n) is 6.64. The van der Waals surface area contributed by atoms with Crippen molar-refractivity contribution in [3.05, 3.63) is 0 Å². The minimum Gasteiger partial charge on any atom is -0.393 e. The molecule has 0 aliphatic heterocycles. The van der Waals surface area contributed by atoms with Crippen LogP contribution in [0.3, 0.4) is 0 Å². The lowest BCUT2D eigenvalue weighted by Crippen LogP contribution is -2.50. The van der Waals surface area contributed by atoms with Crippen LogP contribution in [0.5, 0.6) is 0 Å². The van der Waals surface area contributed by atoms with Gasteiger partial charge in [-0.1, -0.05) is 6.92 Å². The summed E-state index contributed by atoms with van der Waals surface area (Å²) in [5.41, 5.74) is 0.378. The second kappa shape index (κ2) is 1.97. The highest BCUT2D eigenvalue weighted by Crippen LogP contribution is 2.57. The Morgan fingerprint density at radius 1 is 1.40 bits per heavy atom. The van der Waals surface area contributed by atoms with Crippen molar-refractivity contribution in [2.75, 3.05) is 0 Å². The molecule has 58 valence electrons. The summed E-state index contributed by atoms with van der Waals surface area (Å²) in [6.07, 6.45) is 6.18. The van der Waals surface area contributed by atoms with Crippen LogP contribution in [-0.2, 0) is 0 Å². The molecule has 1 unspecified atom stereocenters. The van der Waals surface area contributed by atoms with Gasteiger partial charge in [0, 0.05) is 0 Å². The van der Waals surface area contributed by atoms with Crippen LogP contribution < -0.4 is 0 Å². The average Bonchev–Trinajstić information content (AvgIpc) is 1.86. The van der Waals surface area contributed by atoms with Gasteiger partial charge in [-0.25, -0.2) is 0 Å². The molecule has 0 aromatic rings. The molecule has 0 saturated heterocycles. The predicted molar refractivity (Wildman–Crippen MR) is 40.7 cm³/mol. The average molecular weight is 140 g/mol. The molecule has 10 heavy (non-hydrogen) atoms. The highest BCUT2D eigenvalue weighted by molar-refractivity contribution is 5.01. The van der Waals surface area contributed by atoms with Crippen LogP contribution in [0.2, 0.25) is 0 Å². The minimum absolute atomic E-state index is 0.0301. The van der Waals surface area contributed by atoms with E-state index in [2.05, 4.69) is 6.92 Å². The van der Waals surface area contributed by atoms with Gasteiger partial charge in [-0.3, -0.25) is 0 Å². The Morgan fingerprint density at radius 3 is 2.50 bits per heavy atom. The topological polar surface area (TPSA) is 20.2 Å². The predicted octanol–water partition coefficient (Wildman–Crippen LogP) is 1.95. The molecule has 1 heteroatoms. The van der Waals surface area contributed by atoms with Crippen LogP contribution in [0.4, 0.5) is 0 Å². The standard InChI is InChI=1S/C9H16O/c1-2-9-5-7(6-9)3-4-8(9)10/h7-8,10H,2-6H2,1H3. The molecule has 0 amide bonds. The summed E-state index contributed by atoms with van der Waals surface area (Å²) in [5.74, 6) is 0.975. The fourth-order valence-electron chi connectivity index (χ4n) is 2.79. The van der Waals surface area contributed by atoms with Crippen molar-refractivity contribution >= 4 is 0 Å². The Morgan fingerprint density at radius 2 is 2.10 bits per heavy atom. The Kier molecular flexibility index (Phi) is 1.31. The minimum atomic E-state index is 0.0301. The van der Waals surface area contributed by atoms with Gasteiger partial charge in [0.2, 0.25) is 0 Å². The maximum atomic E-state index is 9.67. The zero-order valence-corrected chi connectivity index (χ0v) is 6.64. The molecule has 0 radical (unpaired) electrons. The van der Waals surface area contributed by atoms with E-state index < -0.39 is 0 Å². The fourth-order valence-corrected chi connectivity index (χ4v) is 2.79. The number of aliphatic hydroxyl groups is 1. The number of rotatable bonds is 1. The van der Waals surface area contributed by atoms with E-state index in [1.165, 1.54) is 25.7 Å². The second-order valence-corrected chi connectivity index (χ2v) is 4.08. The van der Waals surface area contributed by atoms with E-state index >= 15 is 0 Å². The Labute approximate surface area is 62.4 Å². The first-order chi connectivity index (χ1) is 4.77. The van der Waals surface area contributed by atoms with E-state index in [1.54, 1.807) is 0 Å². The van der Waals surface area contributed by atoms with Gasteiger partial charge in [0.1, 0.15) is 0 Å². The van der Waals surface area contributed by atoms with Crippen molar-refractivity contribution in [3.63, 3.8) is 0 Å². The normalized spacial score (nSPS) is 52.2. The third kappa shape index (κ3) is 0.672. The quantitative estimate of drug-likeness (QED) is 0.590. The smallest absolute Gasteiger partial charge is 0.0596 e. The van der Waals surface area contributed by atoms with Gasteiger partial charge in [0.15, 0.2) is 0 Å². The van der Waals surface area contributed by atoms with Gasteiger partial charge in [-0.15, -0.1) is 0 Å². The van der Waals surface area contributed by atoms with Crippen LogP contribution in [0, 0.1) is 11.3 Å². The molecule has 1 N–H and O–H groups in total. The monoisotopic (exact) mass is 140 g/mol. The van der Waals surface area contributed by atoms with E-state index in [0.717, 1.165) is 12.3 Å². The fraction of sp³-hybridized carbons (Fsp3) is 1.00. The summed E-state index contributed by atoms with van der Waals surface area (Å²) < 4.78 is 0. The van der Waals surface area contributed by atoms with Crippen LogP contribution in [0.15, 0.2) is 0 Å². The van der Waals surface area contributed by atoms with Crippen molar-refractivity contribution in [1.29, 1.82) is 0 Å². The van der Waals surface area contributed by atoms with Crippen molar-refractivity contribution in [2.24, 2.45) is 11.3 Å². The second-order valence-electron chi connectivity index (χ2n) is 4.08.